The second kappa shape index (κ2) is 4.33. The second-order valence-corrected chi connectivity index (χ2v) is 1.25. The molecule has 0 rings (SSSR count). The molecule has 0 spiro atoms. The summed E-state index contributed by atoms with van der Waals surface area (Å²) < 4.78 is 0. The molecule has 0 aromatic rings. The van der Waals surface area contributed by atoms with Crippen LogP contribution in [0.3, 0.4) is 0 Å². The first kappa shape index (κ1) is 7.17. The molecule has 0 aliphatic rings. The zero-order valence-electron chi connectivity index (χ0n) is 4.92. The first-order chi connectivity index (χ1) is 3.85. The molecule has 8 heavy (non-hydrogen) atoms. The van der Waals surface area contributed by atoms with Crippen molar-refractivity contribution < 1.29 is 4.94 Å². The second-order valence-electron chi connectivity index (χ2n) is 1.25. The van der Waals surface area contributed by atoms with E-state index in [2.05, 4.69) is 22.6 Å². The lowest BCUT2D eigenvalue weighted by atomic mass is 10.3. The Morgan fingerprint density at radius 3 is 2.75 bits per heavy atom. The van der Waals surface area contributed by atoms with Gasteiger partial charge in [-0.15, -0.1) is 5.90 Å². The molecule has 0 aliphatic carbocycles. The van der Waals surface area contributed by atoms with Gasteiger partial charge >= 0.3 is 0 Å². The molecule has 3 heteroatoms. The molecule has 0 aliphatic heterocycles. The van der Waals surface area contributed by atoms with E-state index in [9.17, 15) is 0 Å². The Labute approximate surface area is 48.8 Å². The molecule has 0 amide bonds. The van der Waals surface area contributed by atoms with Crippen LogP contribution in [0.2, 0.25) is 0 Å². The van der Waals surface area contributed by atoms with E-state index in [0.717, 1.165) is 12.1 Å². The standard InChI is InChI=1S/C5H10N2O/c1-3-5(4-2)7-8-6/h3H,1,4,6H2,2H3/b7-5+. The normalized spacial score (nSPS) is 11.0. The van der Waals surface area contributed by atoms with Crippen molar-refractivity contribution in [3.63, 3.8) is 0 Å². The molecule has 0 saturated heterocycles. The van der Waals surface area contributed by atoms with Gasteiger partial charge in [0.1, 0.15) is 0 Å². The Bertz CT molecular complexity index is 98.6. The fraction of sp³-hybridized carbons (Fsp3) is 0.400. The number of allylic oxidation sites excluding steroid dienone is 1. The Hall–Kier alpha value is -0.830. The van der Waals surface area contributed by atoms with E-state index in [1.165, 1.54) is 0 Å². The first-order valence-corrected chi connectivity index (χ1v) is 2.40. The molecule has 2 N–H and O–H groups in total. The number of hydrogen-bond acceptors (Lipinski definition) is 3. The highest BCUT2D eigenvalue weighted by molar-refractivity contribution is 5.93. The van der Waals surface area contributed by atoms with Crippen LogP contribution in [0.1, 0.15) is 13.3 Å². The summed E-state index contributed by atoms with van der Waals surface area (Å²) in [5.41, 5.74) is 0.757. The van der Waals surface area contributed by atoms with Crippen molar-refractivity contribution in [3.05, 3.63) is 12.7 Å². The lowest BCUT2D eigenvalue weighted by Crippen LogP contribution is -1.96. The van der Waals surface area contributed by atoms with Gasteiger partial charge in [-0.05, 0) is 12.5 Å². The highest BCUT2D eigenvalue weighted by atomic mass is 16.7. The topological polar surface area (TPSA) is 47.6 Å². The predicted octanol–water partition coefficient (Wildman–Crippen LogP) is 0.829. The van der Waals surface area contributed by atoms with Gasteiger partial charge in [0.2, 0.25) is 0 Å². The zero-order valence-corrected chi connectivity index (χ0v) is 4.92. The molecule has 0 fully saturated rings. The van der Waals surface area contributed by atoms with Crippen molar-refractivity contribution in [1.82, 2.24) is 0 Å². The third kappa shape index (κ3) is 2.36. The molecule has 0 saturated carbocycles. The number of hydrogen-bond donors (Lipinski definition) is 1. The van der Waals surface area contributed by atoms with Gasteiger partial charge in [-0.1, -0.05) is 18.7 Å². The van der Waals surface area contributed by atoms with Gasteiger partial charge in [0.25, 0.3) is 0 Å². The van der Waals surface area contributed by atoms with E-state index < -0.39 is 0 Å². The van der Waals surface area contributed by atoms with Crippen molar-refractivity contribution in [2.24, 2.45) is 11.1 Å². The molecule has 0 bridgehead atoms. The SMILES string of the molecule is C=C/C(CC)=N\ON. The lowest BCUT2D eigenvalue weighted by Gasteiger charge is -1.89. The summed E-state index contributed by atoms with van der Waals surface area (Å²) in [5.74, 6) is 4.65. The van der Waals surface area contributed by atoms with Crippen molar-refractivity contribution in [2.45, 2.75) is 13.3 Å². The number of nitrogens with zero attached hydrogens (tertiary/aromatic N) is 1. The molecule has 0 aromatic carbocycles. The Morgan fingerprint density at radius 2 is 2.62 bits per heavy atom. The summed E-state index contributed by atoms with van der Waals surface area (Å²) >= 11 is 0. The molecular weight excluding hydrogens is 104 g/mol. The van der Waals surface area contributed by atoms with Gasteiger partial charge in [0.05, 0.1) is 5.71 Å². The fourth-order valence-electron chi connectivity index (χ4n) is 0.314. The summed E-state index contributed by atoms with van der Waals surface area (Å²) in [5, 5.41) is 3.44. The molecular formula is C5H10N2O. The van der Waals surface area contributed by atoms with E-state index in [1.807, 2.05) is 6.92 Å². The fourth-order valence-corrected chi connectivity index (χ4v) is 0.314. The Morgan fingerprint density at radius 1 is 2.00 bits per heavy atom. The summed E-state index contributed by atoms with van der Waals surface area (Å²) in [6.07, 6.45) is 2.40. The molecule has 0 atom stereocenters. The van der Waals surface area contributed by atoms with Crippen molar-refractivity contribution in [3.8, 4) is 0 Å². The average molecular weight is 114 g/mol. The number of rotatable bonds is 3. The van der Waals surface area contributed by atoms with Gasteiger partial charge in [-0.25, -0.2) is 0 Å². The summed E-state index contributed by atoms with van der Waals surface area (Å²) in [4.78, 5) is 4.00. The minimum absolute atomic E-state index is 0.757. The van der Waals surface area contributed by atoms with Crippen LogP contribution in [0.5, 0.6) is 0 Å². The number of nitrogens with two attached hydrogens (primary N) is 1. The molecule has 0 aromatic heterocycles. The van der Waals surface area contributed by atoms with E-state index in [1.54, 1.807) is 6.08 Å². The predicted molar refractivity (Wildman–Crippen MR) is 33.2 cm³/mol. The maximum absolute atomic E-state index is 4.65. The Balaban J connectivity index is 3.66. The van der Waals surface area contributed by atoms with Crippen molar-refractivity contribution in [2.75, 3.05) is 0 Å². The Kier molecular flexibility index (Phi) is 3.88. The molecule has 0 heterocycles. The van der Waals surface area contributed by atoms with E-state index >= 15 is 0 Å². The summed E-state index contributed by atoms with van der Waals surface area (Å²) in [6.45, 7) is 5.43. The highest BCUT2D eigenvalue weighted by Crippen LogP contribution is 1.84. The summed E-state index contributed by atoms with van der Waals surface area (Å²) in [7, 11) is 0. The minimum atomic E-state index is 0.757. The summed E-state index contributed by atoms with van der Waals surface area (Å²) in [6, 6.07) is 0. The number of oxime groups is 1. The van der Waals surface area contributed by atoms with Crippen LogP contribution in [0.4, 0.5) is 0 Å². The van der Waals surface area contributed by atoms with Gasteiger partial charge < -0.3 is 4.94 Å². The molecule has 0 unspecified atom stereocenters. The van der Waals surface area contributed by atoms with E-state index in [4.69, 9.17) is 0 Å². The van der Waals surface area contributed by atoms with Gasteiger partial charge in [-0.2, -0.15) is 0 Å². The molecule has 3 nitrogen and oxygen atoms in total. The monoisotopic (exact) mass is 114 g/mol. The van der Waals surface area contributed by atoms with Crippen LogP contribution < -0.4 is 5.90 Å². The third-order valence-electron chi connectivity index (χ3n) is 0.768. The van der Waals surface area contributed by atoms with Gasteiger partial charge in [-0.3, -0.25) is 0 Å². The third-order valence-corrected chi connectivity index (χ3v) is 0.768. The molecule has 0 radical (unpaired) electrons. The van der Waals surface area contributed by atoms with Crippen LogP contribution in [0, 0.1) is 0 Å². The van der Waals surface area contributed by atoms with E-state index in [0.29, 0.717) is 0 Å². The van der Waals surface area contributed by atoms with Crippen LogP contribution in [-0.2, 0) is 4.94 Å². The van der Waals surface area contributed by atoms with Gasteiger partial charge in [0.15, 0.2) is 0 Å². The minimum Gasteiger partial charge on any atom is -0.302 e. The quantitative estimate of drug-likeness (QED) is 0.436. The smallest absolute Gasteiger partial charge is 0.0813 e. The van der Waals surface area contributed by atoms with Crippen molar-refractivity contribution in [1.29, 1.82) is 0 Å². The van der Waals surface area contributed by atoms with Crippen LogP contribution in [0.25, 0.3) is 0 Å². The maximum Gasteiger partial charge on any atom is 0.0813 e. The maximum atomic E-state index is 4.65. The van der Waals surface area contributed by atoms with Crippen LogP contribution >= 0.6 is 0 Å². The van der Waals surface area contributed by atoms with Crippen LogP contribution in [0.15, 0.2) is 17.8 Å². The average Bonchev–Trinajstić information content (AvgIpc) is 1.83. The largest absolute Gasteiger partial charge is 0.302 e. The molecule has 46 valence electrons. The van der Waals surface area contributed by atoms with Crippen LogP contribution in [-0.4, -0.2) is 5.71 Å². The van der Waals surface area contributed by atoms with Crippen molar-refractivity contribution >= 4 is 5.71 Å². The first-order valence-electron chi connectivity index (χ1n) is 2.40. The zero-order chi connectivity index (χ0) is 6.41. The lowest BCUT2D eigenvalue weighted by molar-refractivity contribution is 0.148. The van der Waals surface area contributed by atoms with Gasteiger partial charge in [0, 0.05) is 0 Å². The highest BCUT2D eigenvalue weighted by Gasteiger charge is 1.84. The van der Waals surface area contributed by atoms with E-state index in [-0.39, 0.29) is 0 Å².